The Morgan fingerprint density at radius 3 is 2.24 bits per heavy atom. The zero-order valence-corrected chi connectivity index (χ0v) is 12.2. The van der Waals surface area contributed by atoms with E-state index in [-0.39, 0.29) is 11.1 Å². The first-order chi connectivity index (χ1) is 9.71. The normalized spacial score (nSPS) is 13.7. The first-order valence-electron chi connectivity index (χ1n) is 6.30. The van der Waals surface area contributed by atoms with Crippen molar-refractivity contribution in [3.8, 4) is 0 Å². The van der Waals surface area contributed by atoms with Crippen molar-refractivity contribution in [2.45, 2.75) is 32.2 Å². The third-order valence-electron chi connectivity index (χ3n) is 3.09. The van der Waals surface area contributed by atoms with Crippen molar-refractivity contribution in [3.63, 3.8) is 0 Å². The van der Waals surface area contributed by atoms with E-state index in [0.717, 1.165) is 12.1 Å². The first-order valence-corrected chi connectivity index (χ1v) is 6.67. The molecule has 114 valence electrons. The van der Waals surface area contributed by atoms with E-state index in [9.17, 15) is 18.3 Å². The molecule has 0 aliphatic carbocycles. The minimum absolute atomic E-state index is 0.0309. The third kappa shape index (κ3) is 3.22. The summed E-state index contributed by atoms with van der Waals surface area (Å²) in [5.74, 6) is 0. The Morgan fingerprint density at radius 2 is 1.76 bits per heavy atom. The number of aliphatic hydroxyl groups is 1. The molecule has 0 bridgehead atoms. The van der Waals surface area contributed by atoms with Crippen LogP contribution in [0.2, 0.25) is 5.02 Å². The second kappa shape index (κ2) is 5.69. The molecular weight excluding hydrogens is 305 g/mol. The van der Waals surface area contributed by atoms with Crippen molar-refractivity contribution in [2.75, 3.05) is 0 Å². The Morgan fingerprint density at radius 1 is 1.19 bits per heavy atom. The van der Waals surface area contributed by atoms with Gasteiger partial charge < -0.3 is 5.11 Å². The number of hydrogen-bond donors (Lipinski definition) is 1. The van der Waals surface area contributed by atoms with Gasteiger partial charge in [-0.3, -0.25) is 4.68 Å². The van der Waals surface area contributed by atoms with Gasteiger partial charge in [-0.25, -0.2) is 0 Å². The summed E-state index contributed by atoms with van der Waals surface area (Å²) in [6.45, 7) is 3.73. The average Bonchev–Trinajstić information content (AvgIpc) is 2.79. The summed E-state index contributed by atoms with van der Waals surface area (Å²) >= 11 is 6.01. The van der Waals surface area contributed by atoms with Crippen LogP contribution in [0.3, 0.4) is 0 Å². The number of hydrogen-bond acceptors (Lipinski definition) is 2. The van der Waals surface area contributed by atoms with Crippen molar-refractivity contribution < 1.29 is 18.3 Å². The Bertz CT molecular complexity index is 620. The van der Waals surface area contributed by atoms with Gasteiger partial charge in [0.05, 0.1) is 22.5 Å². The van der Waals surface area contributed by atoms with Crippen LogP contribution < -0.4 is 0 Å². The van der Waals surface area contributed by atoms with E-state index in [1.54, 1.807) is 4.68 Å². The number of nitrogens with zero attached hydrogens (tertiary/aromatic N) is 2. The van der Waals surface area contributed by atoms with E-state index < -0.39 is 17.8 Å². The van der Waals surface area contributed by atoms with Gasteiger partial charge in [0.15, 0.2) is 0 Å². The quantitative estimate of drug-likeness (QED) is 0.920. The van der Waals surface area contributed by atoms with Crippen LogP contribution in [0.15, 0.2) is 30.5 Å². The van der Waals surface area contributed by atoms with E-state index in [4.69, 9.17) is 11.6 Å². The number of alkyl halides is 3. The Labute approximate surface area is 125 Å². The molecule has 21 heavy (non-hydrogen) atoms. The van der Waals surface area contributed by atoms with Gasteiger partial charge in [0.2, 0.25) is 0 Å². The van der Waals surface area contributed by atoms with Crippen molar-refractivity contribution in [2.24, 2.45) is 0 Å². The molecule has 7 heteroatoms. The van der Waals surface area contributed by atoms with Crippen LogP contribution in [0.5, 0.6) is 0 Å². The maximum Gasteiger partial charge on any atom is 0.416 e. The lowest BCUT2D eigenvalue weighted by Gasteiger charge is -2.17. The van der Waals surface area contributed by atoms with E-state index in [0.29, 0.717) is 11.3 Å². The van der Waals surface area contributed by atoms with Crippen molar-refractivity contribution >= 4 is 11.6 Å². The minimum Gasteiger partial charge on any atom is -0.382 e. The van der Waals surface area contributed by atoms with E-state index in [1.165, 1.54) is 18.3 Å². The molecule has 1 heterocycles. The first kappa shape index (κ1) is 15.9. The molecule has 0 aliphatic rings. The lowest BCUT2D eigenvalue weighted by Crippen LogP contribution is -2.13. The number of halogens is 4. The topological polar surface area (TPSA) is 38.0 Å². The van der Waals surface area contributed by atoms with Gasteiger partial charge in [-0.1, -0.05) is 23.7 Å². The van der Waals surface area contributed by atoms with Gasteiger partial charge in [-0.05, 0) is 31.5 Å². The SMILES string of the molecule is CC(C)n1ncc(Cl)c1C(O)c1ccc(C(F)(F)F)cc1. The van der Waals surface area contributed by atoms with Gasteiger partial charge in [0, 0.05) is 6.04 Å². The molecule has 0 radical (unpaired) electrons. The van der Waals surface area contributed by atoms with Crippen molar-refractivity contribution in [1.82, 2.24) is 9.78 Å². The van der Waals surface area contributed by atoms with Crippen molar-refractivity contribution in [1.29, 1.82) is 0 Å². The molecule has 1 aromatic carbocycles. The van der Waals surface area contributed by atoms with E-state index in [1.807, 2.05) is 13.8 Å². The zero-order chi connectivity index (χ0) is 15.8. The molecule has 1 aromatic heterocycles. The highest BCUT2D eigenvalue weighted by atomic mass is 35.5. The molecule has 0 amide bonds. The molecule has 2 rings (SSSR count). The monoisotopic (exact) mass is 318 g/mol. The summed E-state index contributed by atoms with van der Waals surface area (Å²) in [6.07, 6.45) is -4.13. The molecule has 1 N–H and O–H groups in total. The lowest BCUT2D eigenvalue weighted by atomic mass is 10.0. The number of aromatic nitrogens is 2. The van der Waals surface area contributed by atoms with Crippen LogP contribution in [0.25, 0.3) is 0 Å². The zero-order valence-electron chi connectivity index (χ0n) is 11.4. The van der Waals surface area contributed by atoms with Gasteiger partial charge >= 0.3 is 6.18 Å². The fourth-order valence-corrected chi connectivity index (χ4v) is 2.26. The number of rotatable bonds is 3. The molecular formula is C14H14ClF3N2O. The standard InChI is InChI=1S/C14H14ClF3N2O/c1-8(2)20-12(11(15)7-19-20)13(21)9-3-5-10(6-4-9)14(16,17)18/h3-8,13,21H,1-2H3. The second-order valence-electron chi connectivity index (χ2n) is 4.94. The predicted molar refractivity (Wildman–Crippen MR) is 73.1 cm³/mol. The maximum atomic E-state index is 12.5. The molecule has 1 unspecified atom stereocenters. The van der Waals surface area contributed by atoms with Crippen LogP contribution in [0, 0.1) is 0 Å². The smallest absolute Gasteiger partial charge is 0.382 e. The Kier molecular flexibility index (Phi) is 4.30. The Balaban J connectivity index is 2.37. The molecule has 0 spiro atoms. The van der Waals surface area contributed by atoms with Gasteiger partial charge in [-0.15, -0.1) is 0 Å². The largest absolute Gasteiger partial charge is 0.416 e. The van der Waals surface area contributed by atoms with Crippen LogP contribution in [-0.4, -0.2) is 14.9 Å². The molecule has 0 fully saturated rings. The fraction of sp³-hybridized carbons (Fsp3) is 0.357. The van der Waals surface area contributed by atoms with Gasteiger partial charge in [-0.2, -0.15) is 18.3 Å². The summed E-state index contributed by atoms with van der Waals surface area (Å²) in [5, 5.41) is 14.7. The minimum atomic E-state index is -4.40. The summed E-state index contributed by atoms with van der Waals surface area (Å²) in [7, 11) is 0. The number of benzene rings is 1. The van der Waals surface area contributed by atoms with Gasteiger partial charge in [0.25, 0.3) is 0 Å². The molecule has 1 atom stereocenters. The van der Waals surface area contributed by atoms with Crippen LogP contribution in [0.1, 0.15) is 42.8 Å². The summed E-state index contributed by atoms with van der Waals surface area (Å²) in [5.41, 5.74) is -0.0689. The maximum absolute atomic E-state index is 12.5. The second-order valence-corrected chi connectivity index (χ2v) is 5.35. The fourth-order valence-electron chi connectivity index (χ4n) is 2.03. The highest BCUT2D eigenvalue weighted by Crippen LogP contribution is 2.33. The lowest BCUT2D eigenvalue weighted by molar-refractivity contribution is -0.137. The molecule has 0 saturated carbocycles. The van der Waals surface area contributed by atoms with Crippen LogP contribution in [0.4, 0.5) is 13.2 Å². The summed E-state index contributed by atoms with van der Waals surface area (Å²) in [6, 6.07) is 4.31. The molecule has 2 aromatic rings. The highest BCUT2D eigenvalue weighted by Gasteiger charge is 2.30. The van der Waals surface area contributed by atoms with Crippen LogP contribution in [-0.2, 0) is 6.18 Å². The summed E-state index contributed by atoms with van der Waals surface area (Å²) < 4.78 is 39.1. The molecule has 0 aliphatic heterocycles. The average molecular weight is 319 g/mol. The van der Waals surface area contributed by atoms with Gasteiger partial charge in [0.1, 0.15) is 6.10 Å². The van der Waals surface area contributed by atoms with Crippen LogP contribution >= 0.6 is 11.6 Å². The molecule has 3 nitrogen and oxygen atoms in total. The molecule has 0 saturated heterocycles. The van der Waals surface area contributed by atoms with Crippen molar-refractivity contribution in [3.05, 3.63) is 52.3 Å². The Hall–Kier alpha value is -1.53. The van der Waals surface area contributed by atoms with E-state index >= 15 is 0 Å². The summed E-state index contributed by atoms with van der Waals surface area (Å²) in [4.78, 5) is 0. The predicted octanol–water partition coefficient (Wildman–Crippen LogP) is 4.22. The number of aliphatic hydroxyl groups excluding tert-OH is 1. The van der Waals surface area contributed by atoms with E-state index in [2.05, 4.69) is 5.10 Å². The third-order valence-corrected chi connectivity index (χ3v) is 3.38. The highest BCUT2D eigenvalue weighted by molar-refractivity contribution is 6.31.